The fourth-order valence-electron chi connectivity index (χ4n) is 9.17. The Balaban J connectivity index is 1.25. The van der Waals surface area contributed by atoms with E-state index in [1.807, 2.05) is 0 Å². The summed E-state index contributed by atoms with van der Waals surface area (Å²) in [5.41, 5.74) is -6.19. The molecule has 9 aromatic rings. The Morgan fingerprint density at radius 2 is 0.771 bits per heavy atom. The van der Waals surface area contributed by atoms with Crippen molar-refractivity contribution in [3.63, 3.8) is 0 Å². The lowest BCUT2D eigenvalue weighted by Gasteiger charge is -2.23. The summed E-state index contributed by atoms with van der Waals surface area (Å²) in [5.74, 6) is -1.63. The van der Waals surface area contributed by atoms with Gasteiger partial charge >= 0.3 is 24.7 Å². The first-order valence-corrected chi connectivity index (χ1v) is 21.0. The van der Waals surface area contributed by atoms with E-state index in [1.54, 1.807) is 78.9 Å². The normalized spacial score (nSPS) is 13.5. The standard InChI is InChI=1S/C54H28F12N2O2/c55-51(56,57)33-19-23-35(42(27-33)53(61,62)63)31-17-21-39-40-22-18-32(36-24-20-34(52(58,59)60)28-43(36)54(64,65)66)26-46(40)67(45(39)25-31)44-16-8-15-41-47(44)50(70)68(49(41)69)48-37(29-9-3-1-4-10-29)13-7-14-38(48)30-11-5-2-6-12-30/h1-28H. The molecule has 0 unspecified atom stereocenters. The zero-order chi connectivity index (χ0) is 49.7. The molecule has 1 aliphatic heterocycles. The maximum Gasteiger partial charge on any atom is 0.417 e. The summed E-state index contributed by atoms with van der Waals surface area (Å²) in [4.78, 5) is 31.2. The molecule has 0 saturated heterocycles. The van der Waals surface area contributed by atoms with Crippen LogP contribution in [0.15, 0.2) is 170 Å². The van der Waals surface area contributed by atoms with Crippen molar-refractivity contribution in [2.24, 2.45) is 0 Å². The molecule has 4 nitrogen and oxygen atoms in total. The Hall–Kier alpha value is -8.14. The summed E-state index contributed by atoms with van der Waals surface area (Å²) >= 11 is 0. The number of alkyl halides is 12. The third-order valence-electron chi connectivity index (χ3n) is 12.3. The van der Waals surface area contributed by atoms with Crippen molar-refractivity contribution in [3.8, 4) is 50.2 Å². The van der Waals surface area contributed by atoms with Crippen molar-refractivity contribution in [1.82, 2.24) is 4.57 Å². The zero-order valence-electron chi connectivity index (χ0n) is 35.4. The van der Waals surface area contributed by atoms with Gasteiger partial charge < -0.3 is 4.57 Å². The molecule has 1 aromatic heterocycles. The Morgan fingerprint density at radius 1 is 0.343 bits per heavy atom. The summed E-state index contributed by atoms with van der Waals surface area (Å²) in [5, 5.41) is 0.475. The Bertz CT molecular complexity index is 3400. The van der Waals surface area contributed by atoms with E-state index in [4.69, 9.17) is 0 Å². The second-order valence-corrected chi connectivity index (χ2v) is 16.4. The van der Waals surface area contributed by atoms with Crippen LogP contribution in [0.5, 0.6) is 0 Å². The number of halogens is 12. The number of amides is 2. The SMILES string of the molecule is O=C1c2cccc(-n3c4cc(-c5ccc(C(F)(F)F)cc5C(F)(F)F)ccc4c4ccc(-c5ccc(C(F)(F)F)cc5C(F)(F)F)cc43)c2C(=O)N1c1c(-c2ccccc2)cccc1-c1ccccc1. The number of benzene rings is 8. The van der Waals surface area contributed by atoms with Gasteiger partial charge in [0.05, 0.1) is 55.8 Å². The minimum Gasteiger partial charge on any atom is -0.308 e. The van der Waals surface area contributed by atoms with Gasteiger partial charge in [-0.25, -0.2) is 4.90 Å². The number of rotatable bonds is 6. The van der Waals surface area contributed by atoms with Crippen LogP contribution in [0.4, 0.5) is 58.4 Å². The van der Waals surface area contributed by atoms with E-state index in [0.29, 0.717) is 46.5 Å². The molecule has 10 rings (SSSR count). The van der Waals surface area contributed by atoms with Gasteiger partial charge in [0, 0.05) is 21.9 Å². The van der Waals surface area contributed by atoms with Gasteiger partial charge in [-0.05, 0) is 81.9 Å². The van der Waals surface area contributed by atoms with Gasteiger partial charge in [-0.3, -0.25) is 9.59 Å². The van der Waals surface area contributed by atoms with Crippen molar-refractivity contribution in [2.45, 2.75) is 24.7 Å². The predicted octanol–water partition coefficient (Wildman–Crippen LogP) is 16.3. The molecule has 350 valence electrons. The lowest BCUT2D eigenvalue weighted by molar-refractivity contribution is -0.144. The number of fused-ring (bicyclic) bond motifs is 4. The molecule has 0 spiro atoms. The second-order valence-electron chi connectivity index (χ2n) is 16.4. The van der Waals surface area contributed by atoms with Gasteiger partial charge in [-0.1, -0.05) is 121 Å². The molecule has 0 bridgehead atoms. The summed E-state index contributed by atoms with van der Waals surface area (Å²) in [7, 11) is 0. The summed E-state index contributed by atoms with van der Waals surface area (Å²) < 4.78 is 172. The van der Waals surface area contributed by atoms with Crippen LogP contribution in [-0.2, 0) is 24.7 Å². The first-order chi connectivity index (χ1) is 33.1. The average molecular weight is 965 g/mol. The fraction of sp³-hybridized carbons (Fsp3) is 0.0741. The van der Waals surface area contributed by atoms with Gasteiger partial charge in [-0.2, -0.15) is 52.7 Å². The van der Waals surface area contributed by atoms with E-state index >= 15 is 4.79 Å². The van der Waals surface area contributed by atoms with Gasteiger partial charge in [0.1, 0.15) is 0 Å². The lowest BCUT2D eigenvalue weighted by Crippen LogP contribution is -2.30. The van der Waals surface area contributed by atoms with E-state index in [1.165, 1.54) is 59.2 Å². The van der Waals surface area contributed by atoms with Crippen molar-refractivity contribution in [2.75, 3.05) is 4.90 Å². The Kier molecular flexibility index (Phi) is 10.6. The van der Waals surface area contributed by atoms with Gasteiger partial charge in [0.25, 0.3) is 11.8 Å². The topological polar surface area (TPSA) is 42.3 Å². The monoisotopic (exact) mass is 964 g/mol. The number of hydrogen-bond acceptors (Lipinski definition) is 2. The van der Waals surface area contributed by atoms with Crippen LogP contribution in [0.2, 0.25) is 0 Å². The van der Waals surface area contributed by atoms with E-state index in [2.05, 4.69) is 0 Å². The molecule has 1 aliphatic rings. The van der Waals surface area contributed by atoms with Crippen LogP contribution in [-0.4, -0.2) is 16.4 Å². The molecule has 8 aromatic carbocycles. The fourth-order valence-corrected chi connectivity index (χ4v) is 9.17. The number of para-hydroxylation sites is 1. The maximum atomic E-state index is 15.3. The molecule has 0 aliphatic carbocycles. The van der Waals surface area contributed by atoms with E-state index in [0.717, 1.165) is 4.90 Å². The third kappa shape index (κ3) is 7.72. The molecule has 0 saturated carbocycles. The quantitative estimate of drug-likeness (QED) is 0.123. The van der Waals surface area contributed by atoms with Crippen molar-refractivity contribution in [3.05, 3.63) is 203 Å². The smallest absolute Gasteiger partial charge is 0.308 e. The van der Waals surface area contributed by atoms with Crippen molar-refractivity contribution < 1.29 is 62.3 Å². The number of anilines is 1. The maximum absolute atomic E-state index is 15.3. The molecule has 0 atom stereocenters. The molecule has 70 heavy (non-hydrogen) atoms. The van der Waals surface area contributed by atoms with Crippen LogP contribution >= 0.6 is 0 Å². The van der Waals surface area contributed by atoms with Crippen LogP contribution in [0, 0.1) is 0 Å². The first-order valence-electron chi connectivity index (χ1n) is 21.0. The second kappa shape index (κ2) is 16.2. The number of carbonyl (C=O) groups is 2. The van der Waals surface area contributed by atoms with Gasteiger partial charge in [-0.15, -0.1) is 0 Å². The highest BCUT2D eigenvalue weighted by Gasteiger charge is 2.43. The molecule has 16 heteroatoms. The molecule has 2 amide bonds. The number of hydrogen-bond donors (Lipinski definition) is 0. The van der Waals surface area contributed by atoms with Crippen molar-refractivity contribution >= 4 is 39.3 Å². The van der Waals surface area contributed by atoms with Crippen LogP contribution in [0.3, 0.4) is 0 Å². The zero-order valence-corrected chi connectivity index (χ0v) is 35.4. The molecule has 0 fully saturated rings. The number of nitrogens with zero attached hydrogens (tertiary/aromatic N) is 2. The van der Waals surface area contributed by atoms with E-state index in [9.17, 15) is 57.5 Å². The highest BCUT2D eigenvalue weighted by Crippen LogP contribution is 2.48. The number of carbonyl (C=O) groups excluding carboxylic acids is 2. The molecule has 2 heterocycles. The molecule has 0 N–H and O–H groups in total. The van der Waals surface area contributed by atoms with Crippen LogP contribution in [0.1, 0.15) is 43.0 Å². The minimum atomic E-state index is -5.30. The van der Waals surface area contributed by atoms with Crippen molar-refractivity contribution in [1.29, 1.82) is 0 Å². The molecular weight excluding hydrogens is 937 g/mol. The van der Waals surface area contributed by atoms with Crippen LogP contribution in [0.25, 0.3) is 72.0 Å². The summed E-state index contributed by atoms with van der Waals surface area (Å²) in [6, 6.07) is 37.0. The Morgan fingerprint density at radius 3 is 1.20 bits per heavy atom. The largest absolute Gasteiger partial charge is 0.417 e. The third-order valence-corrected chi connectivity index (χ3v) is 12.3. The predicted molar refractivity (Wildman–Crippen MR) is 240 cm³/mol. The summed E-state index contributed by atoms with van der Waals surface area (Å²) in [6.07, 6.45) is -20.9. The van der Waals surface area contributed by atoms with E-state index < -0.39 is 69.9 Å². The molecule has 0 radical (unpaired) electrons. The highest BCUT2D eigenvalue weighted by atomic mass is 19.4. The van der Waals surface area contributed by atoms with Crippen LogP contribution < -0.4 is 4.90 Å². The minimum absolute atomic E-state index is 0.00268. The summed E-state index contributed by atoms with van der Waals surface area (Å²) in [6.45, 7) is 0. The van der Waals surface area contributed by atoms with Gasteiger partial charge in [0.2, 0.25) is 0 Å². The Labute approximate surface area is 388 Å². The van der Waals surface area contributed by atoms with Gasteiger partial charge in [0.15, 0.2) is 0 Å². The number of imide groups is 1. The average Bonchev–Trinajstić information content (AvgIpc) is 3.79. The highest BCUT2D eigenvalue weighted by molar-refractivity contribution is 6.37. The number of aromatic nitrogens is 1. The molecular formula is C54H28F12N2O2. The lowest BCUT2D eigenvalue weighted by atomic mass is 9.95. The first kappa shape index (κ1) is 45.6. The van der Waals surface area contributed by atoms with E-state index in [-0.39, 0.29) is 67.6 Å².